The number of para-hydroxylation sites is 2. The summed E-state index contributed by atoms with van der Waals surface area (Å²) < 4.78 is 0. The van der Waals surface area contributed by atoms with Crippen molar-refractivity contribution in [3.63, 3.8) is 0 Å². The fourth-order valence-corrected chi connectivity index (χ4v) is 7.43. The molecule has 0 fully saturated rings. The molecule has 0 unspecified atom stereocenters. The minimum absolute atomic E-state index is 1.09. The second-order valence-corrected chi connectivity index (χ2v) is 13.4. The van der Waals surface area contributed by atoms with Gasteiger partial charge in [0.15, 0.2) is 0 Å². The number of aryl methyl sites for hydroxylation is 3. The van der Waals surface area contributed by atoms with Gasteiger partial charge in [0.05, 0.1) is 11.4 Å². The summed E-state index contributed by atoms with van der Waals surface area (Å²) in [6.45, 7) is 6.64. The molecule has 244 valence electrons. The van der Waals surface area contributed by atoms with E-state index in [1.165, 1.54) is 38.2 Å². The van der Waals surface area contributed by atoms with Crippen LogP contribution in [0, 0.1) is 20.8 Å². The second-order valence-electron chi connectivity index (χ2n) is 13.4. The molecular weight excluding hydrogens is 621 g/mol. The van der Waals surface area contributed by atoms with Crippen molar-refractivity contribution >= 4 is 77.2 Å². The minimum Gasteiger partial charge on any atom is -0.309 e. The maximum atomic E-state index is 4.38. The van der Waals surface area contributed by atoms with Gasteiger partial charge in [0, 0.05) is 79.9 Å². The maximum absolute atomic E-state index is 4.38. The van der Waals surface area contributed by atoms with Crippen molar-refractivity contribution in [2.45, 2.75) is 20.8 Å². The molecule has 0 aliphatic rings. The maximum Gasteiger partial charge on any atom is 0.0620 e. The van der Waals surface area contributed by atoms with Crippen molar-refractivity contribution in [2.24, 2.45) is 0 Å². The molecule has 2 aromatic heterocycles. The van der Waals surface area contributed by atoms with Gasteiger partial charge >= 0.3 is 0 Å². The van der Waals surface area contributed by atoms with Crippen LogP contribution in [-0.2, 0) is 0 Å². The molecule has 0 spiro atoms. The number of rotatable bonds is 6. The number of hydrogen-bond donors (Lipinski definition) is 0. The van der Waals surface area contributed by atoms with E-state index in [1.54, 1.807) is 0 Å². The molecule has 0 saturated carbocycles. The summed E-state index contributed by atoms with van der Waals surface area (Å²) in [6, 6.07) is 50.7. The topological polar surface area (TPSA) is 32.3 Å². The molecular formula is C47H36N4. The Balaban J connectivity index is 1.44. The van der Waals surface area contributed by atoms with E-state index in [9.17, 15) is 0 Å². The summed E-state index contributed by atoms with van der Waals surface area (Å²) in [7, 11) is 0. The minimum atomic E-state index is 1.09. The Labute approximate surface area is 297 Å². The zero-order valence-corrected chi connectivity index (χ0v) is 28.9. The van der Waals surface area contributed by atoms with E-state index in [2.05, 4.69) is 180 Å². The zero-order valence-electron chi connectivity index (χ0n) is 28.9. The van der Waals surface area contributed by atoms with Gasteiger partial charge in [-0.3, -0.25) is 9.97 Å². The summed E-state index contributed by atoms with van der Waals surface area (Å²) in [5.74, 6) is 0. The Bertz CT molecular complexity index is 2740. The van der Waals surface area contributed by atoms with E-state index in [0.717, 1.165) is 55.7 Å². The van der Waals surface area contributed by atoms with Crippen molar-refractivity contribution in [3.8, 4) is 0 Å². The van der Waals surface area contributed by atoms with Crippen LogP contribution < -0.4 is 9.80 Å². The monoisotopic (exact) mass is 656 g/mol. The number of fused-ring (bicyclic) bond motifs is 4. The molecule has 4 heteroatoms. The molecule has 0 N–H and O–H groups in total. The lowest BCUT2D eigenvalue weighted by Gasteiger charge is -2.33. The Morgan fingerprint density at radius 3 is 1.35 bits per heavy atom. The first-order valence-electron chi connectivity index (χ1n) is 17.4. The van der Waals surface area contributed by atoms with Crippen LogP contribution in [0.5, 0.6) is 0 Å². The number of nitrogens with zero attached hydrogens (tertiary/aromatic N) is 4. The summed E-state index contributed by atoms with van der Waals surface area (Å²) in [5, 5.41) is 9.28. The lowest BCUT2D eigenvalue weighted by Crippen LogP contribution is -2.15. The fraction of sp³-hybridized carbons (Fsp3) is 0.0638. The number of aromatic nitrogens is 2. The second kappa shape index (κ2) is 12.4. The molecule has 0 radical (unpaired) electrons. The smallest absolute Gasteiger partial charge is 0.0620 e. The van der Waals surface area contributed by atoms with Crippen molar-refractivity contribution < 1.29 is 0 Å². The third-order valence-electron chi connectivity index (χ3n) is 10.1. The van der Waals surface area contributed by atoms with E-state index < -0.39 is 0 Å². The van der Waals surface area contributed by atoms with Crippen LogP contribution in [0.2, 0.25) is 0 Å². The SMILES string of the molecule is Cc1ccc2c(N(c3ccccc3)c3ccc4cnccc4c3)c3cc(C)c(C)cc3c(N(c3ccccc3)c3ccc4cnccc4c3)c2c1. The highest BCUT2D eigenvalue weighted by atomic mass is 15.2. The van der Waals surface area contributed by atoms with Gasteiger partial charge in [0.2, 0.25) is 0 Å². The molecule has 0 aliphatic carbocycles. The third kappa shape index (κ3) is 5.33. The Morgan fingerprint density at radius 2 is 0.843 bits per heavy atom. The molecule has 9 rings (SSSR count). The van der Waals surface area contributed by atoms with Gasteiger partial charge in [-0.15, -0.1) is 0 Å². The Morgan fingerprint density at radius 1 is 0.373 bits per heavy atom. The number of pyridine rings is 2. The van der Waals surface area contributed by atoms with E-state index >= 15 is 0 Å². The molecule has 9 aromatic rings. The van der Waals surface area contributed by atoms with Gasteiger partial charge in [0.1, 0.15) is 0 Å². The van der Waals surface area contributed by atoms with Crippen molar-refractivity contribution in [1.29, 1.82) is 0 Å². The zero-order chi connectivity index (χ0) is 34.5. The van der Waals surface area contributed by atoms with Crippen LogP contribution in [0.3, 0.4) is 0 Å². The van der Waals surface area contributed by atoms with Gasteiger partial charge < -0.3 is 9.80 Å². The molecule has 0 amide bonds. The largest absolute Gasteiger partial charge is 0.309 e. The average molecular weight is 657 g/mol. The average Bonchev–Trinajstić information content (AvgIpc) is 3.17. The van der Waals surface area contributed by atoms with Gasteiger partial charge in [-0.2, -0.15) is 0 Å². The standard InChI is InChI=1S/C47H36N4/c1-31-14-19-42-43(24-31)47(51(39-12-8-5-9-13-39)41-18-16-37-30-49-23-21-35(37)28-41)45-26-33(3)32(2)25-44(45)46(42)50(38-10-6-4-7-11-38)40-17-15-36-29-48-22-20-34(36)27-40/h4-30H,1-3H3. The summed E-state index contributed by atoms with van der Waals surface area (Å²) in [5.41, 5.74) is 10.4. The first-order chi connectivity index (χ1) is 25.0. The van der Waals surface area contributed by atoms with Gasteiger partial charge in [0.25, 0.3) is 0 Å². The lowest BCUT2D eigenvalue weighted by atomic mass is 9.91. The number of benzene rings is 7. The predicted molar refractivity (Wildman–Crippen MR) is 216 cm³/mol. The van der Waals surface area contributed by atoms with Crippen LogP contribution in [-0.4, -0.2) is 9.97 Å². The first-order valence-corrected chi connectivity index (χ1v) is 17.4. The van der Waals surface area contributed by atoms with Crippen LogP contribution in [0.1, 0.15) is 16.7 Å². The highest BCUT2D eigenvalue weighted by molar-refractivity contribution is 6.24. The lowest BCUT2D eigenvalue weighted by molar-refractivity contribution is 1.29. The predicted octanol–water partition coefficient (Wildman–Crippen LogP) is 13.0. The van der Waals surface area contributed by atoms with E-state index in [0.29, 0.717) is 0 Å². The molecule has 7 aromatic carbocycles. The van der Waals surface area contributed by atoms with Crippen molar-refractivity contribution in [3.05, 3.63) is 181 Å². The normalized spacial score (nSPS) is 11.4. The first kappa shape index (κ1) is 30.5. The fourth-order valence-electron chi connectivity index (χ4n) is 7.43. The van der Waals surface area contributed by atoms with E-state index in [4.69, 9.17) is 0 Å². The molecule has 2 heterocycles. The van der Waals surface area contributed by atoms with Gasteiger partial charge in [-0.1, -0.05) is 66.2 Å². The van der Waals surface area contributed by atoms with E-state index in [1.807, 2.05) is 24.8 Å². The molecule has 51 heavy (non-hydrogen) atoms. The molecule has 4 nitrogen and oxygen atoms in total. The molecule has 0 bridgehead atoms. The third-order valence-corrected chi connectivity index (χ3v) is 10.1. The number of hydrogen-bond acceptors (Lipinski definition) is 4. The molecule has 0 atom stereocenters. The van der Waals surface area contributed by atoms with Crippen molar-refractivity contribution in [1.82, 2.24) is 9.97 Å². The van der Waals surface area contributed by atoms with Crippen LogP contribution in [0.4, 0.5) is 34.1 Å². The highest BCUT2D eigenvalue weighted by Gasteiger charge is 2.26. The summed E-state index contributed by atoms with van der Waals surface area (Å²) in [6.07, 6.45) is 7.61. The quantitative estimate of drug-likeness (QED) is 0.132. The van der Waals surface area contributed by atoms with E-state index in [-0.39, 0.29) is 0 Å². The molecule has 0 aliphatic heterocycles. The van der Waals surface area contributed by atoms with Gasteiger partial charge in [-0.05, 0) is 122 Å². The van der Waals surface area contributed by atoms with Gasteiger partial charge in [-0.25, -0.2) is 0 Å². The Kier molecular flexibility index (Phi) is 7.44. The van der Waals surface area contributed by atoms with Crippen LogP contribution in [0.15, 0.2) is 164 Å². The van der Waals surface area contributed by atoms with Crippen LogP contribution in [0.25, 0.3) is 43.1 Å². The van der Waals surface area contributed by atoms with Crippen molar-refractivity contribution in [2.75, 3.05) is 9.80 Å². The Hall–Kier alpha value is -6.52. The number of anilines is 6. The summed E-state index contributed by atoms with van der Waals surface area (Å²) >= 11 is 0. The van der Waals surface area contributed by atoms with Crippen LogP contribution >= 0.6 is 0 Å². The highest BCUT2D eigenvalue weighted by Crippen LogP contribution is 2.52. The molecule has 0 saturated heterocycles. The summed E-state index contributed by atoms with van der Waals surface area (Å²) in [4.78, 5) is 13.6.